The third-order valence-corrected chi connectivity index (χ3v) is 3.44. The van der Waals surface area contributed by atoms with Gasteiger partial charge in [-0.05, 0) is 31.2 Å². The molecule has 18 heavy (non-hydrogen) atoms. The van der Waals surface area contributed by atoms with Crippen molar-refractivity contribution in [2.45, 2.75) is 32.6 Å². The van der Waals surface area contributed by atoms with Crippen LogP contribution in [0.5, 0.6) is 5.75 Å². The van der Waals surface area contributed by atoms with Crippen LogP contribution in [0.2, 0.25) is 5.02 Å². The molecule has 2 nitrogen and oxygen atoms in total. The van der Waals surface area contributed by atoms with Crippen LogP contribution in [0.3, 0.4) is 0 Å². The number of nitrogens with one attached hydrogen (secondary N) is 1. The van der Waals surface area contributed by atoms with Crippen molar-refractivity contribution in [3.63, 3.8) is 0 Å². The Morgan fingerprint density at radius 3 is 2.83 bits per heavy atom. The van der Waals surface area contributed by atoms with E-state index in [2.05, 4.69) is 28.2 Å². The third-order valence-electron chi connectivity index (χ3n) is 2.64. The summed E-state index contributed by atoms with van der Waals surface area (Å²) in [5.74, 6) is 0.735. The highest BCUT2D eigenvalue weighted by Crippen LogP contribution is 2.27. The lowest BCUT2D eigenvalue weighted by atomic mass is 10.2. The van der Waals surface area contributed by atoms with Crippen LogP contribution in [0.15, 0.2) is 22.7 Å². The zero-order valence-corrected chi connectivity index (χ0v) is 13.2. The van der Waals surface area contributed by atoms with E-state index in [0.29, 0.717) is 11.6 Å². The maximum atomic E-state index is 6.03. The van der Waals surface area contributed by atoms with Gasteiger partial charge < -0.3 is 10.1 Å². The summed E-state index contributed by atoms with van der Waals surface area (Å²) in [5, 5.41) is 4.02. The molecule has 0 saturated carbocycles. The predicted molar refractivity (Wildman–Crippen MR) is 81.7 cm³/mol. The molecule has 4 heteroatoms. The Balaban J connectivity index is 2.09. The number of hydrogen-bond acceptors (Lipinski definition) is 2. The Kier molecular flexibility index (Phi) is 8.47. The summed E-state index contributed by atoms with van der Waals surface area (Å²) in [5.41, 5.74) is 0. The second-order valence-electron chi connectivity index (χ2n) is 4.23. The average molecular weight is 335 g/mol. The molecule has 0 aliphatic heterocycles. The highest BCUT2D eigenvalue weighted by molar-refractivity contribution is 9.10. The van der Waals surface area contributed by atoms with E-state index in [1.54, 1.807) is 0 Å². The average Bonchev–Trinajstić information content (AvgIpc) is 2.36. The molecule has 0 heterocycles. The number of unbranched alkanes of at least 4 members (excludes halogenated alkanes) is 3. The van der Waals surface area contributed by atoms with Crippen LogP contribution in [0.1, 0.15) is 32.6 Å². The normalized spacial score (nSPS) is 10.6. The molecule has 0 radical (unpaired) electrons. The molecule has 0 unspecified atom stereocenters. The van der Waals surface area contributed by atoms with E-state index < -0.39 is 0 Å². The first-order valence-corrected chi connectivity index (χ1v) is 7.69. The Morgan fingerprint density at radius 1 is 1.22 bits per heavy atom. The molecule has 0 fully saturated rings. The van der Waals surface area contributed by atoms with Crippen LogP contribution in [0, 0.1) is 0 Å². The quantitative estimate of drug-likeness (QED) is 0.664. The van der Waals surface area contributed by atoms with Gasteiger partial charge >= 0.3 is 0 Å². The molecule has 0 aliphatic carbocycles. The lowest BCUT2D eigenvalue weighted by molar-refractivity contribution is 0.313. The lowest BCUT2D eigenvalue weighted by Gasteiger charge is -2.09. The number of halogens is 2. The molecule has 1 rings (SSSR count). The van der Waals surface area contributed by atoms with Gasteiger partial charge in [0.2, 0.25) is 0 Å². The van der Waals surface area contributed by atoms with Gasteiger partial charge in [0.05, 0.1) is 5.02 Å². The van der Waals surface area contributed by atoms with Gasteiger partial charge in [0.15, 0.2) is 0 Å². The van der Waals surface area contributed by atoms with Crippen molar-refractivity contribution in [2.24, 2.45) is 0 Å². The second-order valence-corrected chi connectivity index (χ2v) is 5.56. The maximum Gasteiger partial charge on any atom is 0.139 e. The standard InChI is InChI=1S/C14H21BrClNO/c1-2-3-4-5-8-17-9-10-18-14-11-12(15)6-7-13(14)16/h6-7,11,17H,2-5,8-10H2,1H3. The smallest absolute Gasteiger partial charge is 0.139 e. The summed E-state index contributed by atoms with van der Waals surface area (Å²) < 4.78 is 6.60. The first-order chi connectivity index (χ1) is 8.74. The van der Waals surface area contributed by atoms with Gasteiger partial charge in [0.1, 0.15) is 12.4 Å². The van der Waals surface area contributed by atoms with E-state index in [1.807, 2.05) is 18.2 Å². The van der Waals surface area contributed by atoms with E-state index >= 15 is 0 Å². The van der Waals surface area contributed by atoms with Crippen molar-refractivity contribution in [3.8, 4) is 5.75 Å². The number of benzene rings is 1. The molecule has 1 aromatic rings. The fourth-order valence-corrected chi connectivity index (χ4v) is 2.13. The molecule has 0 aliphatic rings. The highest BCUT2D eigenvalue weighted by atomic mass is 79.9. The minimum atomic E-state index is 0.643. The summed E-state index contributed by atoms with van der Waals surface area (Å²) in [4.78, 5) is 0. The molecule has 0 aromatic heterocycles. The van der Waals surface area contributed by atoms with Crippen molar-refractivity contribution in [2.75, 3.05) is 19.7 Å². The molecule has 0 atom stereocenters. The first-order valence-electron chi connectivity index (χ1n) is 6.52. The molecular formula is C14H21BrClNO. The molecule has 0 bridgehead atoms. The van der Waals surface area contributed by atoms with Crippen LogP contribution in [-0.4, -0.2) is 19.7 Å². The summed E-state index contributed by atoms with van der Waals surface area (Å²) in [6.07, 6.45) is 5.16. The van der Waals surface area contributed by atoms with Gasteiger partial charge in [-0.2, -0.15) is 0 Å². The first kappa shape index (κ1) is 15.8. The number of hydrogen-bond donors (Lipinski definition) is 1. The van der Waals surface area contributed by atoms with Crippen molar-refractivity contribution < 1.29 is 4.74 Å². The Hall–Kier alpha value is -0.250. The Bertz CT molecular complexity index is 347. The highest BCUT2D eigenvalue weighted by Gasteiger charge is 2.01. The monoisotopic (exact) mass is 333 g/mol. The van der Waals surface area contributed by atoms with Crippen molar-refractivity contribution in [1.82, 2.24) is 5.32 Å². The van der Waals surface area contributed by atoms with Crippen molar-refractivity contribution in [3.05, 3.63) is 27.7 Å². The van der Waals surface area contributed by atoms with Crippen LogP contribution < -0.4 is 10.1 Å². The molecular weight excluding hydrogens is 314 g/mol. The van der Waals surface area contributed by atoms with E-state index in [1.165, 1.54) is 25.7 Å². The van der Waals surface area contributed by atoms with Gasteiger partial charge in [0, 0.05) is 11.0 Å². The van der Waals surface area contributed by atoms with E-state index in [9.17, 15) is 0 Å². The summed E-state index contributed by atoms with van der Waals surface area (Å²) >= 11 is 9.43. The van der Waals surface area contributed by atoms with Crippen LogP contribution in [0.25, 0.3) is 0 Å². The van der Waals surface area contributed by atoms with Gasteiger partial charge in [-0.15, -0.1) is 0 Å². The molecule has 0 amide bonds. The topological polar surface area (TPSA) is 21.3 Å². The lowest BCUT2D eigenvalue weighted by Crippen LogP contribution is -2.22. The third kappa shape index (κ3) is 6.62. The molecule has 0 spiro atoms. The Morgan fingerprint density at radius 2 is 2.06 bits per heavy atom. The minimum absolute atomic E-state index is 0.643. The summed E-state index contributed by atoms with van der Waals surface area (Å²) in [6.45, 7) is 4.79. The zero-order valence-electron chi connectivity index (χ0n) is 10.8. The van der Waals surface area contributed by atoms with Gasteiger partial charge in [-0.25, -0.2) is 0 Å². The fourth-order valence-electron chi connectivity index (χ4n) is 1.62. The zero-order chi connectivity index (χ0) is 13.2. The molecule has 1 N–H and O–H groups in total. The molecule has 102 valence electrons. The van der Waals surface area contributed by atoms with Crippen molar-refractivity contribution in [1.29, 1.82) is 0 Å². The second kappa shape index (κ2) is 9.65. The maximum absolute atomic E-state index is 6.03. The van der Waals surface area contributed by atoms with Crippen LogP contribution >= 0.6 is 27.5 Å². The van der Waals surface area contributed by atoms with Gasteiger partial charge in [-0.3, -0.25) is 0 Å². The summed E-state index contributed by atoms with van der Waals surface area (Å²) in [6, 6.07) is 5.63. The summed E-state index contributed by atoms with van der Waals surface area (Å²) in [7, 11) is 0. The van der Waals surface area contributed by atoms with E-state index in [-0.39, 0.29) is 0 Å². The SMILES string of the molecule is CCCCCCNCCOc1cc(Br)ccc1Cl. The fraction of sp³-hybridized carbons (Fsp3) is 0.571. The molecule has 0 saturated heterocycles. The largest absolute Gasteiger partial charge is 0.491 e. The van der Waals surface area contributed by atoms with Gasteiger partial charge in [0.25, 0.3) is 0 Å². The number of ether oxygens (including phenoxy) is 1. The predicted octanol–water partition coefficient (Wildman–Crippen LogP) is 4.65. The Labute approximate surface area is 123 Å². The number of rotatable bonds is 9. The van der Waals surface area contributed by atoms with Crippen LogP contribution in [0.4, 0.5) is 0 Å². The van der Waals surface area contributed by atoms with E-state index in [4.69, 9.17) is 16.3 Å². The minimum Gasteiger partial charge on any atom is -0.491 e. The van der Waals surface area contributed by atoms with Gasteiger partial charge in [-0.1, -0.05) is 53.7 Å². The van der Waals surface area contributed by atoms with E-state index in [0.717, 1.165) is 23.3 Å². The van der Waals surface area contributed by atoms with Crippen molar-refractivity contribution >= 4 is 27.5 Å². The molecule has 1 aromatic carbocycles. The van der Waals surface area contributed by atoms with Crippen LogP contribution in [-0.2, 0) is 0 Å².